The van der Waals surface area contributed by atoms with E-state index in [0.717, 1.165) is 15.7 Å². The highest BCUT2D eigenvalue weighted by atomic mass is 79.9. The Bertz CT molecular complexity index is 628. The quantitative estimate of drug-likeness (QED) is 0.883. The van der Waals surface area contributed by atoms with Gasteiger partial charge in [-0.3, -0.25) is 0 Å². The van der Waals surface area contributed by atoms with Crippen LogP contribution in [-0.2, 0) is 6.42 Å². The molecule has 3 heteroatoms. The molecule has 2 nitrogen and oxygen atoms in total. The lowest BCUT2D eigenvalue weighted by Gasteiger charge is -2.25. The fraction of sp³-hybridized carbons (Fsp3) is 0.235. The predicted molar refractivity (Wildman–Crippen MR) is 86.7 cm³/mol. The minimum Gasteiger partial charge on any atom is -0.367 e. The molecule has 0 aromatic heterocycles. The van der Waals surface area contributed by atoms with E-state index in [-0.39, 0.29) is 0 Å². The number of nitriles is 1. The number of hydrogen-bond acceptors (Lipinski definition) is 2. The lowest BCUT2D eigenvalue weighted by Crippen LogP contribution is -2.35. The molecule has 20 heavy (non-hydrogen) atoms. The molecule has 0 fully saturated rings. The standard InChI is InChI=1S/C17H17BrN2/c1-13-4-3-5-16(10-13)20-17(2,12-19)11-14-6-8-15(18)9-7-14/h3-10,20H,11H2,1-2H3. The van der Waals surface area contributed by atoms with Crippen molar-refractivity contribution < 1.29 is 0 Å². The Kier molecular flexibility index (Phi) is 4.46. The van der Waals surface area contributed by atoms with E-state index in [2.05, 4.69) is 33.4 Å². The smallest absolute Gasteiger partial charge is 0.126 e. The molecule has 1 unspecified atom stereocenters. The van der Waals surface area contributed by atoms with E-state index in [1.807, 2.05) is 56.3 Å². The van der Waals surface area contributed by atoms with Crippen LogP contribution < -0.4 is 5.32 Å². The van der Waals surface area contributed by atoms with Gasteiger partial charge in [0.1, 0.15) is 5.54 Å². The van der Waals surface area contributed by atoms with Crippen molar-refractivity contribution in [2.75, 3.05) is 5.32 Å². The molecule has 0 saturated heterocycles. The Labute approximate surface area is 128 Å². The van der Waals surface area contributed by atoms with Gasteiger partial charge in [-0.25, -0.2) is 0 Å². The van der Waals surface area contributed by atoms with E-state index < -0.39 is 5.54 Å². The summed E-state index contributed by atoms with van der Waals surface area (Å²) in [5.74, 6) is 0. The first-order valence-corrected chi connectivity index (χ1v) is 7.31. The molecule has 0 heterocycles. The minimum atomic E-state index is -0.623. The highest BCUT2D eigenvalue weighted by molar-refractivity contribution is 9.10. The number of anilines is 1. The molecule has 0 aliphatic carbocycles. The highest BCUT2D eigenvalue weighted by Gasteiger charge is 2.24. The fourth-order valence-corrected chi connectivity index (χ4v) is 2.43. The number of rotatable bonds is 4. The van der Waals surface area contributed by atoms with Gasteiger partial charge in [0.05, 0.1) is 6.07 Å². The first-order valence-electron chi connectivity index (χ1n) is 6.51. The van der Waals surface area contributed by atoms with Gasteiger partial charge in [0.15, 0.2) is 0 Å². The van der Waals surface area contributed by atoms with Gasteiger partial charge in [-0.15, -0.1) is 0 Å². The maximum Gasteiger partial charge on any atom is 0.126 e. The van der Waals surface area contributed by atoms with E-state index in [9.17, 15) is 5.26 Å². The Morgan fingerprint density at radius 1 is 1.20 bits per heavy atom. The Morgan fingerprint density at radius 3 is 2.50 bits per heavy atom. The first kappa shape index (κ1) is 14.6. The Balaban J connectivity index is 2.17. The van der Waals surface area contributed by atoms with Crippen LogP contribution in [0.1, 0.15) is 18.1 Å². The normalized spacial score (nSPS) is 13.3. The summed E-state index contributed by atoms with van der Waals surface area (Å²) < 4.78 is 1.05. The van der Waals surface area contributed by atoms with Crippen LogP contribution >= 0.6 is 15.9 Å². The van der Waals surface area contributed by atoms with Crippen LogP contribution in [0.25, 0.3) is 0 Å². The van der Waals surface area contributed by atoms with E-state index in [0.29, 0.717) is 6.42 Å². The molecule has 0 aliphatic rings. The summed E-state index contributed by atoms with van der Waals surface area (Å²) in [4.78, 5) is 0. The van der Waals surface area contributed by atoms with Gasteiger partial charge in [0, 0.05) is 16.6 Å². The second-order valence-corrected chi connectivity index (χ2v) is 6.16. The molecule has 102 valence electrons. The molecule has 0 spiro atoms. The van der Waals surface area contributed by atoms with E-state index in [4.69, 9.17) is 0 Å². The minimum absolute atomic E-state index is 0.623. The van der Waals surface area contributed by atoms with Crippen LogP contribution in [0.4, 0.5) is 5.69 Å². The van der Waals surface area contributed by atoms with Crippen molar-refractivity contribution >= 4 is 21.6 Å². The molecule has 1 atom stereocenters. The number of halogens is 1. The van der Waals surface area contributed by atoms with Crippen molar-refractivity contribution in [2.24, 2.45) is 0 Å². The van der Waals surface area contributed by atoms with Gasteiger partial charge in [0.25, 0.3) is 0 Å². The summed E-state index contributed by atoms with van der Waals surface area (Å²) in [6.07, 6.45) is 0.657. The topological polar surface area (TPSA) is 35.8 Å². The molecule has 0 radical (unpaired) electrons. The summed E-state index contributed by atoms with van der Waals surface area (Å²) in [6.45, 7) is 3.97. The van der Waals surface area contributed by atoms with Gasteiger partial charge in [0.2, 0.25) is 0 Å². The second kappa shape index (κ2) is 6.11. The molecule has 0 saturated carbocycles. The Hall–Kier alpha value is -1.79. The third kappa shape index (κ3) is 3.85. The SMILES string of the molecule is Cc1cccc(NC(C)(C#N)Cc2ccc(Br)cc2)c1. The summed E-state index contributed by atoms with van der Waals surface area (Å²) in [5.41, 5.74) is 2.67. The van der Waals surface area contributed by atoms with Crippen LogP contribution in [0.15, 0.2) is 53.0 Å². The number of benzene rings is 2. The Morgan fingerprint density at radius 2 is 1.90 bits per heavy atom. The van der Waals surface area contributed by atoms with Crippen molar-refractivity contribution in [3.05, 3.63) is 64.1 Å². The van der Waals surface area contributed by atoms with Crippen molar-refractivity contribution in [3.8, 4) is 6.07 Å². The van der Waals surface area contributed by atoms with Crippen molar-refractivity contribution in [1.82, 2.24) is 0 Å². The third-order valence-electron chi connectivity index (χ3n) is 3.16. The van der Waals surface area contributed by atoms with E-state index in [1.54, 1.807) is 0 Å². The third-order valence-corrected chi connectivity index (χ3v) is 3.68. The molecular formula is C17H17BrN2. The van der Waals surface area contributed by atoms with Gasteiger partial charge in [-0.1, -0.05) is 40.2 Å². The van der Waals surface area contributed by atoms with Crippen LogP contribution in [0.2, 0.25) is 0 Å². The zero-order valence-electron chi connectivity index (χ0n) is 11.7. The summed E-state index contributed by atoms with van der Waals surface area (Å²) in [6, 6.07) is 18.5. The molecule has 2 rings (SSSR count). The maximum atomic E-state index is 9.51. The molecule has 1 N–H and O–H groups in total. The lowest BCUT2D eigenvalue weighted by atomic mass is 9.94. The highest BCUT2D eigenvalue weighted by Crippen LogP contribution is 2.21. The van der Waals surface area contributed by atoms with Gasteiger partial charge >= 0.3 is 0 Å². The second-order valence-electron chi connectivity index (χ2n) is 5.24. The number of aryl methyl sites for hydroxylation is 1. The molecule has 2 aromatic carbocycles. The van der Waals surface area contributed by atoms with E-state index in [1.165, 1.54) is 5.56 Å². The van der Waals surface area contributed by atoms with Crippen LogP contribution in [0, 0.1) is 18.3 Å². The molecule has 0 aliphatic heterocycles. The van der Waals surface area contributed by atoms with Gasteiger partial charge in [-0.2, -0.15) is 5.26 Å². The zero-order chi connectivity index (χ0) is 14.6. The van der Waals surface area contributed by atoms with Crippen molar-refractivity contribution in [2.45, 2.75) is 25.8 Å². The maximum absolute atomic E-state index is 9.51. The molecule has 0 bridgehead atoms. The van der Waals surface area contributed by atoms with Crippen LogP contribution in [0.3, 0.4) is 0 Å². The van der Waals surface area contributed by atoms with E-state index >= 15 is 0 Å². The fourth-order valence-electron chi connectivity index (χ4n) is 2.16. The van der Waals surface area contributed by atoms with Gasteiger partial charge < -0.3 is 5.32 Å². The molecular weight excluding hydrogens is 312 g/mol. The summed E-state index contributed by atoms with van der Waals surface area (Å²) >= 11 is 3.42. The number of hydrogen-bond donors (Lipinski definition) is 1. The summed E-state index contributed by atoms with van der Waals surface area (Å²) in [7, 11) is 0. The largest absolute Gasteiger partial charge is 0.367 e. The monoisotopic (exact) mass is 328 g/mol. The molecule has 0 amide bonds. The first-order chi connectivity index (χ1) is 9.50. The van der Waals surface area contributed by atoms with Crippen LogP contribution in [0.5, 0.6) is 0 Å². The van der Waals surface area contributed by atoms with Crippen LogP contribution in [-0.4, -0.2) is 5.54 Å². The number of nitrogens with zero attached hydrogens (tertiary/aromatic N) is 1. The van der Waals surface area contributed by atoms with Gasteiger partial charge in [-0.05, 0) is 49.2 Å². The molecule has 2 aromatic rings. The van der Waals surface area contributed by atoms with Crippen molar-refractivity contribution in [3.63, 3.8) is 0 Å². The lowest BCUT2D eigenvalue weighted by molar-refractivity contribution is 0.646. The summed E-state index contributed by atoms with van der Waals surface area (Å²) in [5, 5.41) is 12.8. The predicted octanol–water partition coefficient (Wildman–Crippen LogP) is 4.69. The average Bonchev–Trinajstić information content (AvgIpc) is 2.41. The zero-order valence-corrected chi connectivity index (χ0v) is 13.2. The number of nitrogens with one attached hydrogen (secondary N) is 1. The average molecular weight is 329 g/mol. The van der Waals surface area contributed by atoms with Crippen molar-refractivity contribution in [1.29, 1.82) is 5.26 Å².